The first kappa shape index (κ1) is 23.5. The minimum absolute atomic E-state index is 0.0134. The van der Waals surface area contributed by atoms with Crippen LogP contribution >= 0.6 is 0 Å². The van der Waals surface area contributed by atoms with Crippen LogP contribution in [0.2, 0.25) is 0 Å². The lowest BCUT2D eigenvalue weighted by Gasteiger charge is -2.33. The predicted molar refractivity (Wildman–Crippen MR) is 125 cm³/mol. The van der Waals surface area contributed by atoms with Gasteiger partial charge in [0.2, 0.25) is 15.9 Å². The van der Waals surface area contributed by atoms with Crippen molar-refractivity contribution in [2.24, 2.45) is 13.0 Å². The molecule has 1 amide bonds. The summed E-state index contributed by atoms with van der Waals surface area (Å²) in [6.07, 6.45) is 2.04. The van der Waals surface area contributed by atoms with Crippen LogP contribution in [0.5, 0.6) is 0 Å². The van der Waals surface area contributed by atoms with Gasteiger partial charge in [0, 0.05) is 43.8 Å². The zero-order valence-corrected chi connectivity index (χ0v) is 20.4. The summed E-state index contributed by atoms with van der Waals surface area (Å²) in [6.45, 7) is 6.29. The maximum Gasteiger partial charge on any atom is 0.341 e. The van der Waals surface area contributed by atoms with Crippen molar-refractivity contribution in [1.82, 2.24) is 8.87 Å². The van der Waals surface area contributed by atoms with E-state index in [2.05, 4.69) is 0 Å². The number of nitrogens with zero attached hydrogens (tertiary/aromatic N) is 3. The van der Waals surface area contributed by atoms with Crippen molar-refractivity contribution in [2.75, 3.05) is 31.1 Å². The van der Waals surface area contributed by atoms with Gasteiger partial charge in [-0.2, -0.15) is 4.31 Å². The third-order valence-corrected chi connectivity index (χ3v) is 8.91. The Morgan fingerprint density at radius 1 is 1.12 bits per heavy atom. The van der Waals surface area contributed by atoms with Crippen molar-refractivity contribution in [3.05, 3.63) is 46.8 Å². The highest BCUT2D eigenvalue weighted by Crippen LogP contribution is 2.34. The Kier molecular flexibility index (Phi) is 6.37. The average molecular weight is 474 g/mol. The molecule has 1 fully saturated rings. The zero-order valence-electron chi connectivity index (χ0n) is 19.6. The van der Waals surface area contributed by atoms with E-state index in [-0.39, 0.29) is 29.5 Å². The first-order chi connectivity index (χ1) is 15.7. The lowest BCUT2D eigenvalue weighted by molar-refractivity contribution is -0.123. The molecule has 3 heterocycles. The summed E-state index contributed by atoms with van der Waals surface area (Å²) in [7, 11) is -2.26. The summed E-state index contributed by atoms with van der Waals surface area (Å²) >= 11 is 0. The number of piperidine rings is 1. The molecule has 0 aliphatic carbocycles. The molecule has 1 aromatic heterocycles. The van der Waals surface area contributed by atoms with Crippen LogP contribution in [0.3, 0.4) is 0 Å². The molecule has 4 rings (SSSR count). The van der Waals surface area contributed by atoms with Gasteiger partial charge in [-0.25, -0.2) is 13.2 Å². The van der Waals surface area contributed by atoms with Crippen LogP contribution in [-0.2, 0) is 33.0 Å². The average Bonchev–Trinajstić information content (AvgIpc) is 3.34. The van der Waals surface area contributed by atoms with Crippen molar-refractivity contribution >= 4 is 27.6 Å². The molecule has 9 heteroatoms. The highest BCUT2D eigenvalue weighted by Gasteiger charge is 2.40. The van der Waals surface area contributed by atoms with Crippen molar-refractivity contribution in [3.8, 4) is 0 Å². The second-order valence-electron chi connectivity index (χ2n) is 8.73. The molecule has 0 saturated carbocycles. The first-order valence-electron chi connectivity index (χ1n) is 11.4. The van der Waals surface area contributed by atoms with Gasteiger partial charge in [0.05, 0.1) is 12.5 Å². The number of benzene rings is 1. The van der Waals surface area contributed by atoms with Crippen molar-refractivity contribution in [3.63, 3.8) is 0 Å². The standard InChI is InChI=1S/C24H31N3O5S/c1-5-32-24(29)21-16(2)25(4)17(3)22(21)33(30,31)26-13-8-10-19(15-26)23(28)27-14-12-18-9-6-7-11-20(18)27/h6-7,9,11,19H,5,8,10,12-15H2,1-4H3/t19-/m1/s1. The smallest absolute Gasteiger partial charge is 0.341 e. The quantitative estimate of drug-likeness (QED) is 0.623. The van der Waals surface area contributed by atoms with Gasteiger partial charge in [-0.3, -0.25) is 4.79 Å². The van der Waals surface area contributed by atoms with Gasteiger partial charge in [0.1, 0.15) is 10.5 Å². The number of carbonyl (C=O) groups is 2. The van der Waals surface area contributed by atoms with E-state index in [0.29, 0.717) is 37.3 Å². The number of carbonyl (C=O) groups excluding carboxylic acids is 2. The number of ether oxygens (including phenoxy) is 1. The fourth-order valence-electron chi connectivity index (χ4n) is 4.96. The number of para-hydroxylation sites is 1. The normalized spacial score (nSPS) is 18.9. The fraction of sp³-hybridized carbons (Fsp3) is 0.500. The van der Waals surface area contributed by atoms with Crippen molar-refractivity contribution in [1.29, 1.82) is 0 Å². The number of rotatable bonds is 5. The van der Waals surface area contributed by atoms with Gasteiger partial charge in [-0.05, 0) is 51.7 Å². The van der Waals surface area contributed by atoms with E-state index < -0.39 is 21.9 Å². The molecule has 2 aliphatic heterocycles. The third-order valence-electron chi connectivity index (χ3n) is 6.89. The molecule has 0 radical (unpaired) electrons. The van der Waals surface area contributed by atoms with Crippen LogP contribution in [0.25, 0.3) is 0 Å². The van der Waals surface area contributed by atoms with Crippen LogP contribution < -0.4 is 4.90 Å². The summed E-state index contributed by atoms with van der Waals surface area (Å²) < 4.78 is 35.8. The highest BCUT2D eigenvalue weighted by atomic mass is 32.2. The van der Waals surface area contributed by atoms with Gasteiger partial charge >= 0.3 is 5.97 Å². The molecular formula is C24H31N3O5S. The Hall–Kier alpha value is -2.65. The van der Waals surface area contributed by atoms with E-state index in [1.54, 1.807) is 37.3 Å². The molecule has 178 valence electrons. The molecule has 0 unspecified atom stereocenters. The van der Waals surface area contributed by atoms with E-state index >= 15 is 0 Å². The molecule has 2 aliphatic rings. The summed E-state index contributed by atoms with van der Waals surface area (Å²) in [5.74, 6) is -1.10. The maximum atomic E-state index is 13.8. The minimum Gasteiger partial charge on any atom is -0.462 e. The Morgan fingerprint density at radius 2 is 1.85 bits per heavy atom. The fourth-order valence-corrected chi connectivity index (χ4v) is 6.96. The molecular weight excluding hydrogens is 442 g/mol. The van der Waals surface area contributed by atoms with Crippen LogP contribution in [0.15, 0.2) is 29.2 Å². The van der Waals surface area contributed by atoms with Crippen molar-refractivity contribution in [2.45, 2.75) is 44.9 Å². The lowest BCUT2D eigenvalue weighted by atomic mass is 9.98. The maximum absolute atomic E-state index is 13.8. The lowest BCUT2D eigenvalue weighted by Crippen LogP contribution is -2.46. The zero-order chi connectivity index (χ0) is 23.9. The van der Waals surface area contributed by atoms with Crippen LogP contribution in [0, 0.1) is 19.8 Å². The summed E-state index contributed by atoms with van der Waals surface area (Å²) in [5.41, 5.74) is 3.17. The van der Waals surface area contributed by atoms with E-state index in [1.807, 2.05) is 24.3 Å². The van der Waals surface area contributed by atoms with Crippen LogP contribution in [0.4, 0.5) is 5.69 Å². The van der Waals surface area contributed by atoms with Crippen LogP contribution in [0.1, 0.15) is 47.1 Å². The molecule has 33 heavy (non-hydrogen) atoms. The number of sulfonamides is 1. The van der Waals surface area contributed by atoms with E-state index in [9.17, 15) is 18.0 Å². The van der Waals surface area contributed by atoms with Gasteiger partial charge in [0.15, 0.2) is 0 Å². The third kappa shape index (κ3) is 3.97. The largest absolute Gasteiger partial charge is 0.462 e. The van der Waals surface area contributed by atoms with E-state index in [1.165, 1.54) is 4.31 Å². The Morgan fingerprint density at radius 3 is 2.58 bits per heavy atom. The second-order valence-corrected chi connectivity index (χ2v) is 10.6. The Bertz CT molecular complexity index is 1200. The number of esters is 1. The second kappa shape index (κ2) is 8.95. The topological polar surface area (TPSA) is 88.9 Å². The minimum atomic E-state index is -4.00. The van der Waals surface area contributed by atoms with Crippen LogP contribution in [-0.4, -0.2) is 55.4 Å². The Balaban J connectivity index is 1.63. The molecule has 0 spiro atoms. The Labute approximate surface area is 195 Å². The molecule has 8 nitrogen and oxygen atoms in total. The first-order valence-corrected chi connectivity index (χ1v) is 12.8. The summed E-state index contributed by atoms with van der Waals surface area (Å²) in [5, 5.41) is 0. The highest BCUT2D eigenvalue weighted by molar-refractivity contribution is 7.89. The summed E-state index contributed by atoms with van der Waals surface area (Å²) in [4.78, 5) is 27.8. The van der Waals surface area contributed by atoms with Gasteiger partial charge < -0.3 is 14.2 Å². The summed E-state index contributed by atoms with van der Waals surface area (Å²) in [6, 6.07) is 7.85. The number of fused-ring (bicyclic) bond motifs is 1. The molecule has 0 N–H and O–H groups in total. The number of aromatic nitrogens is 1. The van der Waals surface area contributed by atoms with Crippen molar-refractivity contribution < 1.29 is 22.7 Å². The molecule has 1 aromatic carbocycles. The van der Waals surface area contributed by atoms with E-state index in [0.717, 1.165) is 17.7 Å². The number of hydrogen-bond acceptors (Lipinski definition) is 5. The number of anilines is 1. The van der Waals surface area contributed by atoms with Gasteiger partial charge in [-0.1, -0.05) is 18.2 Å². The number of amides is 1. The molecule has 1 atom stereocenters. The monoisotopic (exact) mass is 473 g/mol. The number of hydrogen-bond donors (Lipinski definition) is 0. The molecule has 2 aromatic rings. The van der Waals surface area contributed by atoms with Gasteiger partial charge in [0.25, 0.3) is 0 Å². The SMILES string of the molecule is CCOC(=O)c1c(S(=O)(=O)N2CCC[C@@H](C(=O)N3CCc4ccccc43)C2)c(C)n(C)c1C. The van der Waals surface area contributed by atoms with E-state index in [4.69, 9.17) is 4.74 Å². The predicted octanol–water partition coefficient (Wildman–Crippen LogP) is 2.81. The van der Waals surface area contributed by atoms with Gasteiger partial charge in [-0.15, -0.1) is 0 Å². The molecule has 0 bridgehead atoms. The molecule has 1 saturated heterocycles.